The van der Waals surface area contributed by atoms with Crippen LogP contribution < -0.4 is 10.6 Å². The summed E-state index contributed by atoms with van der Waals surface area (Å²) in [6.07, 6.45) is 0. The van der Waals surface area contributed by atoms with Crippen LogP contribution >= 0.6 is 0 Å². The van der Waals surface area contributed by atoms with Gasteiger partial charge < -0.3 is 15.5 Å². The van der Waals surface area contributed by atoms with Gasteiger partial charge in [0.2, 0.25) is 0 Å². The maximum absolute atomic E-state index is 12.4. The quantitative estimate of drug-likeness (QED) is 0.882. The van der Waals surface area contributed by atoms with Gasteiger partial charge in [0, 0.05) is 37.3 Å². The first-order chi connectivity index (χ1) is 12.3. The Morgan fingerprint density at radius 3 is 2.15 bits per heavy atom. The standard InChI is InChI=1S/C21H25N3O2/c1-21(2)17(14-8-6-5-7-9-14)18(21)23-20(26)22-16-12-10-15(11-13-16)19(25)24(3)4/h5-13,17-18H,1-4H3,(H2,22,23,26)/t17-,18-/m1/s1. The zero-order valence-electron chi connectivity index (χ0n) is 15.6. The number of carbonyl (C=O) groups is 2. The summed E-state index contributed by atoms with van der Waals surface area (Å²) in [6, 6.07) is 17.0. The van der Waals surface area contributed by atoms with Crippen molar-refractivity contribution in [3.63, 3.8) is 0 Å². The van der Waals surface area contributed by atoms with E-state index in [9.17, 15) is 9.59 Å². The highest BCUT2D eigenvalue weighted by atomic mass is 16.2. The number of nitrogens with one attached hydrogen (secondary N) is 2. The second-order valence-electron chi connectivity index (χ2n) is 7.56. The summed E-state index contributed by atoms with van der Waals surface area (Å²) >= 11 is 0. The largest absolute Gasteiger partial charge is 0.345 e. The summed E-state index contributed by atoms with van der Waals surface area (Å²) in [5.41, 5.74) is 2.52. The predicted molar refractivity (Wildman–Crippen MR) is 103 cm³/mol. The Balaban J connectivity index is 1.60. The van der Waals surface area contributed by atoms with E-state index in [-0.39, 0.29) is 23.4 Å². The van der Waals surface area contributed by atoms with E-state index in [1.807, 2.05) is 18.2 Å². The molecule has 0 spiro atoms. The molecule has 0 heterocycles. The molecule has 2 N–H and O–H groups in total. The lowest BCUT2D eigenvalue weighted by molar-refractivity contribution is 0.0827. The molecule has 2 aromatic carbocycles. The molecule has 0 saturated heterocycles. The summed E-state index contributed by atoms with van der Waals surface area (Å²) in [4.78, 5) is 25.8. The van der Waals surface area contributed by atoms with Gasteiger partial charge in [0.1, 0.15) is 0 Å². The first kappa shape index (κ1) is 18.0. The molecule has 0 aromatic heterocycles. The van der Waals surface area contributed by atoms with Gasteiger partial charge in [-0.1, -0.05) is 44.2 Å². The van der Waals surface area contributed by atoms with Gasteiger partial charge in [-0.25, -0.2) is 4.79 Å². The third kappa shape index (κ3) is 3.57. The minimum Gasteiger partial charge on any atom is -0.345 e. The number of rotatable bonds is 4. The van der Waals surface area contributed by atoms with Crippen LogP contribution in [0.3, 0.4) is 0 Å². The topological polar surface area (TPSA) is 61.4 Å². The van der Waals surface area contributed by atoms with Gasteiger partial charge in [-0.15, -0.1) is 0 Å². The van der Waals surface area contributed by atoms with E-state index in [1.165, 1.54) is 10.5 Å². The summed E-state index contributed by atoms with van der Waals surface area (Å²) in [5, 5.41) is 5.92. The van der Waals surface area contributed by atoms with Gasteiger partial charge in [-0.2, -0.15) is 0 Å². The van der Waals surface area contributed by atoms with E-state index >= 15 is 0 Å². The number of urea groups is 1. The van der Waals surface area contributed by atoms with Crippen LogP contribution in [-0.2, 0) is 0 Å². The van der Waals surface area contributed by atoms with Gasteiger partial charge in [-0.05, 0) is 35.2 Å². The van der Waals surface area contributed by atoms with Gasteiger partial charge in [0.15, 0.2) is 0 Å². The molecule has 5 nitrogen and oxygen atoms in total. The van der Waals surface area contributed by atoms with Crippen LogP contribution in [0, 0.1) is 5.41 Å². The normalized spacial score (nSPS) is 20.2. The van der Waals surface area contributed by atoms with Crippen molar-refractivity contribution in [2.45, 2.75) is 25.8 Å². The Hall–Kier alpha value is -2.82. The van der Waals surface area contributed by atoms with E-state index in [4.69, 9.17) is 0 Å². The Morgan fingerprint density at radius 2 is 1.58 bits per heavy atom. The van der Waals surface area contributed by atoms with Crippen LogP contribution in [0.5, 0.6) is 0 Å². The van der Waals surface area contributed by atoms with Crippen LogP contribution in [0.4, 0.5) is 10.5 Å². The molecule has 3 amide bonds. The fraction of sp³-hybridized carbons (Fsp3) is 0.333. The maximum atomic E-state index is 12.4. The highest BCUT2D eigenvalue weighted by Gasteiger charge is 2.59. The first-order valence-corrected chi connectivity index (χ1v) is 8.75. The SMILES string of the molecule is CN(C)C(=O)c1ccc(NC(=O)N[C@@H]2[C@@H](c3ccccc3)C2(C)C)cc1. The van der Waals surface area contributed by atoms with Crippen molar-refractivity contribution in [2.24, 2.45) is 5.41 Å². The van der Waals surface area contributed by atoms with Crippen LogP contribution in [0.2, 0.25) is 0 Å². The minimum atomic E-state index is -0.229. The van der Waals surface area contributed by atoms with Crippen molar-refractivity contribution in [2.75, 3.05) is 19.4 Å². The van der Waals surface area contributed by atoms with E-state index < -0.39 is 0 Å². The van der Waals surface area contributed by atoms with E-state index in [0.717, 1.165) is 0 Å². The Labute approximate surface area is 154 Å². The fourth-order valence-electron chi connectivity index (χ4n) is 3.45. The van der Waals surface area contributed by atoms with Crippen molar-refractivity contribution in [3.05, 3.63) is 65.7 Å². The Kier molecular flexibility index (Phi) is 4.72. The van der Waals surface area contributed by atoms with Gasteiger partial charge in [-0.3, -0.25) is 4.79 Å². The van der Waals surface area contributed by atoms with Crippen LogP contribution in [-0.4, -0.2) is 37.0 Å². The molecule has 2 aromatic rings. The fourth-order valence-corrected chi connectivity index (χ4v) is 3.45. The summed E-state index contributed by atoms with van der Waals surface area (Å²) in [7, 11) is 3.42. The lowest BCUT2D eigenvalue weighted by Crippen LogP contribution is -2.33. The monoisotopic (exact) mass is 351 g/mol. The van der Waals surface area contributed by atoms with Crippen molar-refractivity contribution in [3.8, 4) is 0 Å². The molecule has 1 fully saturated rings. The van der Waals surface area contributed by atoms with Gasteiger partial charge in [0.05, 0.1) is 0 Å². The van der Waals surface area contributed by atoms with Crippen molar-refractivity contribution in [1.29, 1.82) is 0 Å². The smallest absolute Gasteiger partial charge is 0.319 e. The number of benzene rings is 2. The highest BCUT2D eigenvalue weighted by Crippen LogP contribution is 2.58. The van der Waals surface area contributed by atoms with Crippen LogP contribution in [0.25, 0.3) is 0 Å². The molecule has 1 saturated carbocycles. The summed E-state index contributed by atoms with van der Waals surface area (Å²) in [5.74, 6) is 0.251. The third-order valence-corrected chi connectivity index (χ3v) is 5.07. The minimum absolute atomic E-state index is 0.0285. The Bertz CT molecular complexity index is 798. The third-order valence-electron chi connectivity index (χ3n) is 5.07. The maximum Gasteiger partial charge on any atom is 0.319 e. The number of nitrogens with zero attached hydrogens (tertiary/aromatic N) is 1. The zero-order valence-corrected chi connectivity index (χ0v) is 15.6. The number of carbonyl (C=O) groups excluding carboxylic acids is 2. The molecule has 5 heteroatoms. The highest BCUT2D eigenvalue weighted by molar-refractivity contribution is 5.95. The lowest BCUT2D eigenvalue weighted by atomic mass is 10.0. The summed E-state index contributed by atoms with van der Waals surface area (Å²) < 4.78 is 0. The number of hydrogen-bond acceptors (Lipinski definition) is 2. The molecule has 1 aliphatic rings. The molecule has 0 bridgehead atoms. The van der Waals surface area contributed by atoms with Gasteiger partial charge in [0.25, 0.3) is 5.91 Å². The molecule has 0 unspecified atom stereocenters. The molecule has 1 aliphatic carbocycles. The Morgan fingerprint density at radius 1 is 0.962 bits per heavy atom. The second-order valence-corrected chi connectivity index (χ2v) is 7.56. The first-order valence-electron chi connectivity index (χ1n) is 8.75. The zero-order chi connectivity index (χ0) is 18.9. The predicted octanol–water partition coefficient (Wildman–Crippen LogP) is 3.70. The molecule has 3 rings (SSSR count). The number of anilines is 1. The number of hydrogen-bond donors (Lipinski definition) is 2. The van der Waals surface area contributed by atoms with Crippen molar-refractivity contribution < 1.29 is 9.59 Å². The molecule has 136 valence electrons. The van der Waals surface area contributed by atoms with Crippen LogP contribution in [0.15, 0.2) is 54.6 Å². The molecule has 2 atom stereocenters. The summed E-state index contributed by atoms with van der Waals surface area (Å²) in [6.45, 7) is 4.33. The van der Waals surface area contributed by atoms with E-state index in [2.05, 4.69) is 36.6 Å². The van der Waals surface area contributed by atoms with E-state index in [0.29, 0.717) is 17.2 Å². The number of amides is 3. The second kappa shape index (κ2) is 6.83. The van der Waals surface area contributed by atoms with Crippen molar-refractivity contribution in [1.82, 2.24) is 10.2 Å². The van der Waals surface area contributed by atoms with Gasteiger partial charge >= 0.3 is 6.03 Å². The molecule has 26 heavy (non-hydrogen) atoms. The molecule has 0 aliphatic heterocycles. The van der Waals surface area contributed by atoms with Crippen LogP contribution in [0.1, 0.15) is 35.7 Å². The van der Waals surface area contributed by atoms with Crippen molar-refractivity contribution >= 4 is 17.6 Å². The lowest BCUT2D eigenvalue weighted by Gasteiger charge is -2.11. The molecular formula is C21H25N3O2. The molecule has 0 radical (unpaired) electrons. The molecular weight excluding hydrogens is 326 g/mol. The van der Waals surface area contributed by atoms with E-state index in [1.54, 1.807) is 38.4 Å². The average molecular weight is 351 g/mol. The average Bonchev–Trinajstić information content (AvgIpc) is 3.15.